The number of fused-ring (bicyclic) bond motifs is 3. The van der Waals surface area contributed by atoms with Crippen LogP contribution >= 0.6 is 0 Å². The highest BCUT2D eigenvalue weighted by molar-refractivity contribution is 5.92. The first-order chi connectivity index (χ1) is 5.84. The molecule has 12 heavy (non-hydrogen) atoms. The Hall–Kier alpha value is -1.50. The minimum Gasteiger partial charge on any atom is -0.399 e. The maximum atomic E-state index is 5.72. The highest BCUT2D eigenvalue weighted by Gasteiger charge is 2.18. The lowest BCUT2D eigenvalue weighted by atomic mass is 10.1. The van der Waals surface area contributed by atoms with Gasteiger partial charge in [0, 0.05) is 5.69 Å². The molecule has 0 radical (unpaired) electrons. The Morgan fingerprint density at radius 3 is 2.83 bits per heavy atom. The van der Waals surface area contributed by atoms with E-state index in [2.05, 4.69) is 24.3 Å². The van der Waals surface area contributed by atoms with Gasteiger partial charge in [0.15, 0.2) is 0 Å². The second-order valence-electron chi connectivity index (χ2n) is 3.36. The maximum Gasteiger partial charge on any atom is 0.0320 e. The first-order valence-electron chi connectivity index (χ1n) is 4.14. The van der Waals surface area contributed by atoms with E-state index in [0.717, 1.165) is 12.1 Å². The molecule has 0 heterocycles. The summed E-state index contributed by atoms with van der Waals surface area (Å²) in [6.45, 7) is 0. The van der Waals surface area contributed by atoms with Gasteiger partial charge in [-0.05, 0) is 40.5 Å². The molecule has 1 aliphatic carbocycles. The molecule has 0 aliphatic heterocycles. The zero-order chi connectivity index (χ0) is 8.13. The average molecular weight is 155 g/mol. The van der Waals surface area contributed by atoms with Gasteiger partial charge in [-0.15, -0.1) is 0 Å². The molecule has 3 rings (SSSR count). The van der Waals surface area contributed by atoms with Crippen LogP contribution in [0.3, 0.4) is 0 Å². The second kappa shape index (κ2) is 1.81. The molecule has 0 aromatic heterocycles. The summed E-state index contributed by atoms with van der Waals surface area (Å²) in [5.74, 6) is 0. The first kappa shape index (κ1) is 6.06. The van der Waals surface area contributed by atoms with Crippen molar-refractivity contribution in [1.82, 2.24) is 0 Å². The van der Waals surface area contributed by atoms with Gasteiger partial charge in [-0.1, -0.05) is 18.2 Å². The van der Waals surface area contributed by atoms with E-state index >= 15 is 0 Å². The van der Waals surface area contributed by atoms with Crippen molar-refractivity contribution in [2.75, 3.05) is 5.73 Å². The Labute approximate surface area is 70.8 Å². The highest BCUT2D eigenvalue weighted by Crippen LogP contribution is 2.35. The Bertz CT molecular complexity index is 472. The molecule has 2 aromatic rings. The van der Waals surface area contributed by atoms with Crippen LogP contribution in [0.4, 0.5) is 5.69 Å². The fourth-order valence-corrected chi connectivity index (χ4v) is 1.74. The molecule has 0 saturated carbocycles. The van der Waals surface area contributed by atoms with Crippen molar-refractivity contribution in [3.63, 3.8) is 0 Å². The molecule has 0 fully saturated rings. The lowest BCUT2D eigenvalue weighted by Crippen LogP contribution is -1.82. The van der Waals surface area contributed by atoms with Gasteiger partial charge in [0.25, 0.3) is 0 Å². The van der Waals surface area contributed by atoms with Crippen molar-refractivity contribution in [1.29, 1.82) is 0 Å². The summed E-state index contributed by atoms with van der Waals surface area (Å²) < 4.78 is 0. The third kappa shape index (κ3) is 0.681. The quantitative estimate of drug-likeness (QED) is 0.495. The number of hydrogen-bond acceptors (Lipinski definition) is 1. The van der Waals surface area contributed by atoms with Gasteiger partial charge >= 0.3 is 0 Å². The van der Waals surface area contributed by atoms with Gasteiger partial charge in [-0.3, -0.25) is 0 Å². The van der Waals surface area contributed by atoms with E-state index in [-0.39, 0.29) is 0 Å². The zero-order valence-corrected chi connectivity index (χ0v) is 6.67. The van der Waals surface area contributed by atoms with Crippen LogP contribution in [-0.2, 0) is 6.42 Å². The predicted octanol–water partition coefficient (Wildman–Crippen LogP) is 2.33. The highest BCUT2D eigenvalue weighted by atomic mass is 14.5. The van der Waals surface area contributed by atoms with Crippen LogP contribution < -0.4 is 5.73 Å². The standard InChI is InChI=1S/C11H9N/c12-9-4-3-7-1-2-8-5-10(8)11(7)6-9/h1-4,6H,5,12H2. The van der Waals surface area contributed by atoms with Crippen LogP contribution in [0.5, 0.6) is 0 Å². The zero-order valence-electron chi connectivity index (χ0n) is 6.67. The number of anilines is 1. The van der Waals surface area contributed by atoms with Crippen LogP contribution in [0.1, 0.15) is 11.1 Å². The van der Waals surface area contributed by atoms with E-state index in [1.807, 2.05) is 6.07 Å². The van der Waals surface area contributed by atoms with Crippen LogP contribution in [-0.4, -0.2) is 0 Å². The van der Waals surface area contributed by atoms with Crippen molar-refractivity contribution in [3.8, 4) is 0 Å². The molecule has 1 heteroatoms. The summed E-state index contributed by atoms with van der Waals surface area (Å²) in [6, 6.07) is 10.5. The van der Waals surface area contributed by atoms with E-state index in [1.165, 1.54) is 21.9 Å². The van der Waals surface area contributed by atoms with Crippen molar-refractivity contribution in [3.05, 3.63) is 41.5 Å². The molecule has 2 aromatic carbocycles. The second-order valence-corrected chi connectivity index (χ2v) is 3.36. The summed E-state index contributed by atoms with van der Waals surface area (Å²) in [5, 5.41) is 2.65. The molecular formula is C11H9N. The van der Waals surface area contributed by atoms with Crippen molar-refractivity contribution < 1.29 is 0 Å². The minimum atomic E-state index is 0.864. The van der Waals surface area contributed by atoms with Crippen molar-refractivity contribution >= 4 is 16.5 Å². The van der Waals surface area contributed by atoms with Gasteiger partial charge in [0.05, 0.1) is 0 Å². The van der Waals surface area contributed by atoms with Crippen molar-refractivity contribution in [2.45, 2.75) is 6.42 Å². The predicted molar refractivity (Wildman–Crippen MR) is 51.2 cm³/mol. The molecule has 1 nitrogen and oxygen atoms in total. The lowest BCUT2D eigenvalue weighted by Gasteiger charge is -1.96. The normalized spacial score (nSPS) is 13.0. The Morgan fingerprint density at radius 1 is 1.08 bits per heavy atom. The molecule has 0 spiro atoms. The van der Waals surface area contributed by atoms with Crippen LogP contribution in [0.2, 0.25) is 0 Å². The van der Waals surface area contributed by atoms with Gasteiger partial charge in [-0.25, -0.2) is 0 Å². The van der Waals surface area contributed by atoms with E-state index in [4.69, 9.17) is 5.73 Å². The fourth-order valence-electron chi connectivity index (χ4n) is 1.74. The third-order valence-electron chi connectivity index (χ3n) is 2.50. The molecule has 1 aliphatic rings. The molecular weight excluding hydrogens is 146 g/mol. The summed E-state index contributed by atoms with van der Waals surface area (Å²) in [5.41, 5.74) is 9.55. The fraction of sp³-hybridized carbons (Fsp3) is 0.0909. The average Bonchev–Trinajstić information content (AvgIpc) is 2.82. The monoisotopic (exact) mass is 155 g/mol. The number of nitrogen functional groups attached to an aromatic ring is 1. The third-order valence-corrected chi connectivity index (χ3v) is 2.50. The summed E-state index contributed by atoms with van der Waals surface area (Å²) in [6.07, 6.45) is 1.16. The summed E-state index contributed by atoms with van der Waals surface area (Å²) >= 11 is 0. The van der Waals surface area contributed by atoms with E-state index in [1.54, 1.807) is 0 Å². The summed E-state index contributed by atoms with van der Waals surface area (Å²) in [4.78, 5) is 0. The SMILES string of the molecule is Nc1ccc2ccc3c(c2c1)C3. The topological polar surface area (TPSA) is 26.0 Å². The number of nitrogens with two attached hydrogens (primary N) is 1. The Balaban J connectivity index is 2.49. The molecule has 0 atom stereocenters. The number of hydrogen-bond donors (Lipinski definition) is 1. The van der Waals surface area contributed by atoms with Crippen LogP contribution in [0.25, 0.3) is 10.8 Å². The first-order valence-corrected chi connectivity index (χ1v) is 4.14. The van der Waals surface area contributed by atoms with Gasteiger partial charge in [-0.2, -0.15) is 0 Å². The van der Waals surface area contributed by atoms with Crippen molar-refractivity contribution in [2.24, 2.45) is 0 Å². The van der Waals surface area contributed by atoms with E-state index in [9.17, 15) is 0 Å². The van der Waals surface area contributed by atoms with E-state index in [0.29, 0.717) is 0 Å². The lowest BCUT2D eigenvalue weighted by molar-refractivity contribution is 1.62. The Morgan fingerprint density at radius 2 is 1.92 bits per heavy atom. The molecule has 0 unspecified atom stereocenters. The Kier molecular flexibility index (Phi) is 0.912. The van der Waals surface area contributed by atoms with Crippen LogP contribution in [0.15, 0.2) is 30.3 Å². The molecule has 0 amide bonds. The smallest absolute Gasteiger partial charge is 0.0320 e. The number of benzene rings is 2. The van der Waals surface area contributed by atoms with Crippen LogP contribution in [0, 0.1) is 0 Å². The molecule has 0 bridgehead atoms. The number of rotatable bonds is 0. The molecule has 0 saturated heterocycles. The van der Waals surface area contributed by atoms with E-state index < -0.39 is 0 Å². The largest absolute Gasteiger partial charge is 0.399 e. The molecule has 58 valence electrons. The van der Waals surface area contributed by atoms with Gasteiger partial charge in [0.1, 0.15) is 0 Å². The molecule has 2 N–H and O–H groups in total. The summed E-state index contributed by atoms with van der Waals surface area (Å²) in [7, 11) is 0. The van der Waals surface area contributed by atoms with Gasteiger partial charge in [0.2, 0.25) is 0 Å². The maximum absolute atomic E-state index is 5.72. The van der Waals surface area contributed by atoms with Gasteiger partial charge < -0.3 is 5.73 Å². The minimum absolute atomic E-state index is 0.864.